The topological polar surface area (TPSA) is 63.8 Å². The third kappa shape index (κ3) is 3.69. The van der Waals surface area contributed by atoms with Gasteiger partial charge in [0.1, 0.15) is 6.04 Å². The number of nitrogens with zero attached hydrogens (tertiary/aromatic N) is 4. The van der Waals surface area contributed by atoms with Crippen LogP contribution in [-0.2, 0) is 4.74 Å². The maximum Gasteiger partial charge on any atom is 0.252 e. The normalized spacial score (nSPS) is 19.2. The zero-order chi connectivity index (χ0) is 16.2. The van der Waals surface area contributed by atoms with Crippen molar-refractivity contribution in [3.63, 3.8) is 0 Å². The summed E-state index contributed by atoms with van der Waals surface area (Å²) in [5.74, 6) is 1.16. The van der Waals surface area contributed by atoms with Crippen LogP contribution in [-0.4, -0.2) is 53.3 Å². The zero-order valence-corrected chi connectivity index (χ0v) is 15.9. The Morgan fingerprint density at radius 2 is 2.35 bits per heavy atom. The number of aliphatic imine (C=N–C) groups is 1. The largest absolute Gasteiger partial charge is 0.377 e. The molecule has 0 spiro atoms. The molecule has 1 aliphatic rings. The average molecular weight is 444 g/mol. The van der Waals surface area contributed by atoms with Crippen LogP contribution in [0.4, 0.5) is 0 Å². The molecule has 8 heteroatoms. The predicted molar refractivity (Wildman–Crippen MR) is 99.6 cm³/mol. The fourth-order valence-electron chi connectivity index (χ4n) is 2.49. The minimum absolute atomic E-state index is 0.0982. The molecule has 6 nitrogen and oxygen atoms in total. The summed E-state index contributed by atoms with van der Waals surface area (Å²) in [7, 11) is 1.80. The van der Waals surface area contributed by atoms with Gasteiger partial charge in [-0.15, -0.1) is 0 Å². The van der Waals surface area contributed by atoms with Crippen molar-refractivity contribution < 1.29 is 9.26 Å². The molecule has 1 aliphatic heterocycles. The molecule has 122 valence electrons. The summed E-state index contributed by atoms with van der Waals surface area (Å²) >= 11 is 3.88. The molecule has 2 aromatic rings. The molecule has 0 radical (unpaired) electrons. The summed E-state index contributed by atoms with van der Waals surface area (Å²) in [6.45, 7) is 1.96. The highest BCUT2D eigenvalue weighted by atomic mass is 127. The third-order valence-electron chi connectivity index (χ3n) is 3.56. The fourth-order valence-corrected chi connectivity index (χ4v) is 3.67. The van der Waals surface area contributed by atoms with Crippen LogP contribution in [0.2, 0.25) is 0 Å². The molecule has 0 aliphatic carbocycles. The van der Waals surface area contributed by atoms with Gasteiger partial charge in [-0.1, -0.05) is 29.1 Å². The molecule has 0 saturated carbocycles. The minimum Gasteiger partial charge on any atom is -0.377 e. The van der Waals surface area contributed by atoms with Gasteiger partial charge in [-0.3, -0.25) is 4.99 Å². The van der Waals surface area contributed by atoms with E-state index < -0.39 is 0 Å². The average Bonchev–Trinajstić information content (AvgIpc) is 3.06. The maximum absolute atomic E-state index is 5.61. The van der Waals surface area contributed by atoms with Crippen molar-refractivity contribution in [2.24, 2.45) is 4.99 Å². The van der Waals surface area contributed by atoms with Crippen LogP contribution >= 0.6 is 34.4 Å². The smallest absolute Gasteiger partial charge is 0.252 e. The zero-order valence-electron chi connectivity index (χ0n) is 12.9. The lowest BCUT2D eigenvalue weighted by molar-refractivity contribution is 0.0154. The van der Waals surface area contributed by atoms with Crippen molar-refractivity contribution in [3.8, 4) is 11.4 Å². The predicted octanol–water partition coefficient (Wildman–Crippen LogP) is 3.06. The number of halogens is 1. The van der Waals surface area contributed by atoms with E-state index in [0.29, 0.717) is 24.9 Å². The number of benzene rings is 1. The molecule has 0 N–H and O–H groups in total. The van der Waals surface area contributed by atoms with Crippen molar-refractivity contribution in [2.75, 3.05) is 33.1 Å². The Morgan fingerprint density at radius 3 is 3.09 bits per heavy atom. The number of amidine groups is 1. The number of hydrogen-bond acceptors (Lipinski definition) is 6. The van der Waals surface area contributed by atoms with E-state index in [0.717, 1.165) is 20.8 Å². The van der Waals surface area contributed by atoms with E-state index in [-0.39, 0.29) is 6.04 Å². The van der Waals surface area contributed by atoms with Crippen LogP contribution < -0.4 is 0 Å². The second-order valence-electron chi connectivity index (χ2n) is 4.96. The number of morpholine rings is 1. The van der Waals surface area contributed by atoms with Crippen LogP contribution in [0.25, 0.3) is 11.4 Å². The summed E-state index contributed by atoms with van der Waals surface area (Å²) in [6.07, 6.45) is 2.01. The fraction of sp³-hybridized carbons (Fsp3) is 0.400. The van der Waals surface area contributed by atoms with E-state index in [2.05, 4.69) is 42.6 Å². The summed E-state index contributed by atoms with van der Waals surface area (Å²) in [5, 5.41) is 5.08. The number of hydrogen-bond donors (Lipinski definition) is 0. The number of rotatable bonds is 2. The summed E-state index contributed by atoms with van der Waals surface area (Å²) < 4.78 is 12.3. The molecular weight excluding hydrogens is 427 g/mol. The van der Waals surface area contributed by atoms with Gasteiger partial charge < -0.3 is 14.2 Å². The molecule has 1 saturated heterocycles. The molecule has 23 heavy (non-hydrogen) atoms. The van der Waals surface area contributed by atoms with E-state index >= 15 is 0 Å². The van der Waals surface area contributed by atoms with Crippen LogP contribution in [0, 0.1) is 3.57 Å². The molecule has 1 unspecified atom stereocenters. The van der Waals surface area contributed by atoms with Gasteiger partial charge in [0, 0.05) is 22.7 Å². The van der Waals surface area contributed by atoms with Gasteiger partial charge in [0.15, 0.2) is 5.17 Å². The van der Waals surface area contributed by atoms with E-state index in [4.69, 9.17) is 9.26 Å². The number of thioether (sulfide) groups is 1. The van der Waals surface area contributed by atoms with Crippen LogP contribution in [0.1, 0.15) is 11.9 Å². The lowest BCUT2D eigenvalue weighted by Crippen LogP contribution is -2.42. The molecule has 0 bridgehead atoms. The van der Waals surface area contributed by atoms with Crippen molar-refractivity contribution >= 4 is 39.5 Å². The lowest BCUT2D eigenvalue weighted by Gasteiger charge is -2.34. The van der Waals surface area contributed by atoms with Gasteiger partial charge in [-0.05, 0) is 41.0 Å². The van der Waals surface area contributed by atoms with Gasteiger partial charge in [0.05, 0.1) is 13.2 Å². The van der Waals surface area contributed by atoms with Crippen LogP contribution in [0.3, 0.4) is 0 Å². The summed E-state index contributed by atoms with van der Waals surface area (Å²) in [4.78, 5) is 11.1. The first-order valence-corrected chi connectivity index (χ1v) is 9.48. The third-order valence-corrected chi connectivity index (χ3v) is 5.01. The SMILES string of the molecule is C/N=C(\SC)N1CCOCC1c1nc(-c2cccc(I)c2)no1. The van der Waals surface area contributed by atoms with Gasteiger partial charge in [0.2, 0.25) is 5.82 Å². The molecule has 1 atom stereocenters. The second-order valence-corrected chi connectivity index (χ2v) is 6.98. The highest BCUT2D eigenvalue weighted by Gasteiger charge is 2.31. The first-order valence-electron chi connectivity index (χ1n) is 7.17. The second kappa shape index (κ2) is 7.63. The lowest BCUT2D eigenvalue weighted by atomic mass is 10.2. The molecule has 0 amide bonds. The number of aromatic nitrogens is 2. The Bertz CT molecular complexity index is 706. The molecule has 1 fully saturated rings. The Morgan fingerprint density at radius 1 is 1.48 bits per heavy atom. The quantitative estimate of drug-likeness (QED) is 0.403. The molecule has 3 rings (SSSR count). The minimum atomic E-state index is -0.0982. The van der Waals surface area contributed by atoms with Crippen molar-refractivity contribution in [3.05, 3.63) is 33.7 Å². The van der Waals surface area contributed by atoms with Gasteiger partial charge in [-0.2, -0.15) is 4.98 Å². The molecule has 2 heterocycles. The van der Waals surface area contributed by atoms with Gasteiger partial charge in [0.25, 0.3) is 5.89 Å². The van der Waals surface area contributed by atoms with Crippen LogP contribution in [0.15, 0.2) is 33.8 Å². The molecule has 1 aromatic carbocycles. The maximum atomic E-state index is 5.61. The van der Waals surface area contributed by atoms with Crippen molar-refractivity contribution in [1.29, 1.82) is 0 Å². The Balaban J connectivity index is 1.88. The molecule has 1 aromatic heterocycles. The monoisotopic (exact) mass is 444 g/mol. The van der Waals surface area contributed by atoms with Crippen LogP contribution in [0.5, 0.6) is 0 Å². The first kappa shape index (κ1) is 16.7. The molecular formula is C15H17IN4O2S. The summed E-state index contributed by atoms with van der Waals surface area (Å²) in [6, 6.07) is 7.93. The highest BCUT2D eigenvalue weighted by molar-refractivity contribution is 14.1. The Kier molecular flexibility index (Phi) is 5.54. The van der Waals surface area contributed by atoms with E-state index in [1.807, 2.05) is 30.5 Å². The standard InChI is InChI=1S/C15H17IN4O2S/c1-17-15(23-2)20-6-7-21-9-12(20)14-18-13(19-22-14)10-4-3-5-11(16)8-10/h3-5,8,12H,6-7,9H2,1-2H3/b17-15-. The van der Waals surface area contributed by atoms with E-state index in [9.17, 15) is 0 Å². The Labute approximate surface area is 152 Å². The van der Waals surface area contributed by atoms with Gasteiger partial charge >= 0.3 is 0 Å². The van der Waals surface area contributed by atoms with Crippen molar-refractivity contribution in [2.45, 2.75) is 6.04 Å². The van der Waals surface area contributed by atoms with Crippen molar-refractivity contribution in [1.82, 2.24) is 15.0 Å². The van der Waals surface area contributed by atoms with Gasteiger partial charge in [-0.25, -0.2) is 0 Å². The van der Waals surface area contributed by atoms with E-state index in [1.54, 1.807) is 18.8 Å². The highest BCUT2D eigenvalue weighted by Crippen LogP contribution is 2.28. The summed E-state index contributed by atoms with van der Waals surface area (Å²) in [5.41, 5.74) is 0.949. The number of ether oxygens (including phenoxy) is 1. The first-order chi connectivity index (χ1) is 11.2. The Hall–Kier alpha value is -1.13. The van der Waals surface area contributed by atoms with E-state index in [1.165, 1.54) is 0 Å².